The van der Waals surface area contributed by atoms with Crippen molar-refractivity contribution in [3.63, 3.8) is 0 Å². The normalized spacial score (nSPS) is 12.0. The molecule has 4 heteroatoms. The third kappa shape index (κ3) is 3.95. The van der Waals surface area contributed by atoms with Crippen molar-refractivity contribution in [3.05, 3.63) is 59.4 Å². The molecule has 0 bridgehead atoms. The van der Waals surface area contributed by atoms with Gasteiger partial charge in [0.15, 0.2) is 0 Å². The molecule has 2 rings (SSSR count). The van der Waals surface area contributed by atoms with Crippen molar-refractivity contribution < 1.29 is 13.9 Å². The number of methoxy groups -OCH3 is 2. The Balaban J connectivity index is 2.06. The quantitative estimate of drug-likeness (QED) is 0.885. The number of benzene rings is 2. The highest BCUT2D eigenvalue weighted by molar-refractivity contribution is 5.40. The molecule has 0 aliphatic heterocycles. The van der Waals surface area contributed by atoms with E-state index in [0.717, 1.165) is 35.5 Å². The maximum atomic E-state index is 12.9. The van der Waals surface area contributed by atoms with Gasteiger partial charge in [0.05, 0.1) is 14.2 Å². The summed E-state index contributed by atoms with van der Waals surface area (Å²) in [7, 11) is 3.28. The highest BCUT2D eigenvalue weighted by Gasteiger charge is 2.10. The van der Waals surface area contributed by atoms with Crippen molar-refractivity contribution in [2.24, 2.45) is 5.73 Å². The Morgan fingerprint density at radius 1 is 1.05 bits per heavy atom. The van der Waals surface area contributed by atoms with Gasteiger partial charge in [-0.1, -0.05) is 12.1 Å². The first-order chi connectivity index (χ1) is 10.1. The van der Waals surface area contributed by atoms with Gasteiger partial charge < -0.3 is 15.2 Å². The van der Waals surface area contributed by atoms with Crippen LogP contribution in [0.2, 0.25) is 0 Å². The molecule has 2 aromatic carbocycles. The Labute approximate surface area is 124 Å². The summed E-state index contributed by atoms with van der Waals surface area (Å²) in [6.07, 6.45) is 1.51. The van der Waals surface area contributed by atoms with E-state index in [1.807, 2.05) is 18.2 Å². The second-order valence-corrected chi connectivity index (χ2v) is 4.87. The van der Waals surface area contributed by atoms with E-state index in [2.05, 4.69) is 0 Å². The summed E-state index contributed by atoms with van der Waals surface area (Å²) >= 11 is 0. The molecular weight excluding hydrogens is 269 g/mol. The molecule has 21 heavy (non-hydrogen) atoms. The van der Waals surface area contributed by atoms with Gasteiger partial charge in [0.25, 0.3) is 0 Å². The number of hydrogen-bond donors (Lipinski definition) is 1. The lowest BCUT2D eigenvalue weighted by Crippen LogP contribution is -2.11. The zero-order valence-electron chi connectivity index (χ0n) is 12.3. The van der Waals surface area contributed by atoms with E-state index in [9.17, 15) is 4.39 Å². The van der Waals surface area contributed by atoms with Crippen molar-refractivity contribution in [2.45, 2.75) is 18.9 Å². The molecule has 0 heterocycles. The molecule has 1 atom stereocenters. The fraction of sp³-hybridized carbons (Fsp3) is 0.294. The van der Waals surface area contributed by atoms with Gasteiger partial charge >= 0.3 is 0 Å². The van der Waals surface area contributed by atoms with Crippen LogP contribution in [-0.2, 0) is 6.42 Å². The number of ether oxygens (including phenoxy) is 2. The molecule has 0 radical (unpaired) electrons. The second-order valence-electron chi connectivity index (χ2n) is 4.87. The molecule has 0 aliphatic rings. The van der Waals surface area contributed by atoms with E-state index in [1.54, 1.807) is 26.4 Å². The van der Waals surface area contributed by atoms with Gasteiger partial charge in [-0.3, -0.25) is 0 Å². The van der Waals surface area contributed by atoms with Crippen LogP contribution < -0.4 is 15.2 Å². The highest BCUT2D eigenvalue weighted by atomic mass is 19.1. The SMILES string of the molecule is COc1ccc(OC)c(CCC(N)c2ccc(F)cc2)c1. The van der Waals surface area contributed by atoms with Crippen LogP contribution in [0.15, 0.2) is 42.5 Å². The summed E-state index contributed by atoms with van der Waals surface area (Å²) in [5, 5.41) is 0. The smallest absolute Gasteiger partial charge is 0.123 e. The first-order valence-electron chi connectivity index (χ1n) is 6.86. The first-order valence-corrected chi connectivity index (χ1v) is 6.86. The number of nitrogens with two attached hydrogens (primary N) is 1. The van der Waals surface area contributed by atoms with E-state index >= 15 is 0 Å². The minimum absolute atomic E-state index is 0.137. The molecule has 3 nitrogen and oxygen atoms in total. The molecular formula is C17H20FNO2. The molecule has 2 N–H and O–H groups in total. The fourth-order valence-electron chi connectivity index (χ4n) is 2.26. The van der Waals surface area contributed by atoms with Crippen LogP contribution >= 0.6 is 0 Å². The molecule has 0 aliphatic carbocycles. The zero-order valence-corrected chi connectivity index (χ0v) is 12.3. The van der Waals surface area contributed by atoms with Gasteiger partial charge in [-0.05, 0) is 54.3 Å². The standard InChI is InChI=1S/C17H20FNO2/c1-20-15-8-10-17(21-2)13(11-15)5-9-16(19)12-3-6-14(18)7-4-12/h3-4,6-8,10-11,16H,5,9,19H2,1-2H3. The predicted octanol–water partition coefficient (Wildman–Crippen LogP) is 3.48. The summed E-state index contributed by atoms with van der Waals surface area (Å²) in [5.74, 6) is 1.36. The lowest BCUT2D eigenvalue weighted by molar-refractivity contribution is 0.397. The summed E-state index contributed by atoms with van der Waals surface area (Å²) in [6.45, 7) is 0. The van der Waals surface area contributed by atoms with Crippen molar-refractivity contribution in [3.8, 4) is 11.5 Å². The van der Waals surface area contributed by atoms with Crippen molar-refractivity contribution in [1.82, 2.24) is 0 Å². The third-order valence-corrected chi connectivity index (χ3v) is 3.51. The lowest BCUT2D eigenvalue weighted by atomic mass is 9.99. The molecule has 112 valence electrons. The Morgan fingerprint density at radius 2 is 1.76 bits per heavy atom. The Bertz CT molecular complexity index is 584. The Kier molecular flexibility index (Phi) is 5.17. The number of rotatable bonds is 6. The van der Waals surface area contributed by atoms with Gasteiger partial charge in [-0.25, -0.2) is 4.39 Å². The average molecular weight is 289 g/mol. The minimum atomic E-state index is -0.250. The molecule has 2 aromatic rings. The Hall–Kier alpha value is -2.07. The Morgan fingerprint density at radius 3 is 2.38 bits per heavy atom. The van der Waals surface area contributed by atoms with Crippen molar-refractivity contribution in [1.29, 1.82) is 0 Å². The van der Waals surface area contributed by atoms with Crippen LogP contribution in [-0.4, -0.2) is 14.2 Å². The maximum absolute atomic E-state index is 12.9. The molecule has 0 saturated carbocycles. The van der Waals surface area contributed by atoms with Crippen molar-refractivity contribution in [2.75, 3.05) is 14.2 Å². The van der Waals surface area contributed by atoms with E-state index < -0.39 is 0 Å². The molecule has 1 unspecified atom stereocenters. The summed E-state index contributed by atoms with van der Waals surface area (Å²) in [4.78, 5) is 0. The van der Waals surface area contributed by atoms with Crippen LogP contribution in [0.25, 0.3) is 0 Å². The number of halogens is 1. The van der Waals surface area contributed by atoms with E-state index in [0.29, 0.717) is 0 Å². The minimum Gasteiger partial charge on any atom is -0.497 e. The molecule has 0 aromatic heterocycles. The molecule has 0 spiro atoms. The summed E-state index contributed by atoms with van der Waals surface area (Å²) in [5.41, 5.74) is 8.14. The highest BCUT2D eigenvalue weighted by Crippen LogP contribution is 2.27. The van der Waals surface area contributed by atoms with Gasteiger partial charge in [0.1, 0.15) is 17.3 Å². The van der Waals surface area contributed by atoms with Crippen LogP contribution in [0.1, 0.15) is 23.6 Å². The topological polar surface area (TPSA) is 44.5 Å². The number of aryl methyl sites for hydroxylation is 1. The number of hydrogen-bond acceptors (Lipinski definition) is 3. The predicted molar refractivity (Wildman–Crippen MR) is 81.2 cm³/mol. The second kappa shape index (κ2) is 7.09. The van der Waals surface area contributed by atoms with Crippen LogP contribution in [0.3, 0.4) is 0 Å². The maximum Gasteiger partial charge on any atom is 0.123 e. The van der Waals surface area contributed by atoms with Gasteiger partial charge in [0, 0.05) is 6.04 Å². The van der Waals surface area contributed by atoms with Gasteiger partial charge in [0.2, 0.25) is 0 Å². The van der Waals surface area contributed by atoms with Gasteiger partial charge in [-0.2, -0.15) is 0 Å². The van der Waals surface area contributed by atoms with E-state index in [1.165, 1.54) is 12.1 Å². The average Bonchev–Trinajstić information content (AvgIpc) is 2.52. The monoisotopic (exact) mass is 289 g/mol. The van der Waals surface area contributed by atoms with Gasteiger partial charge in [-0.15, -0.1) is 0 Å². The first kappa shape index (κ1) is 15.3. The fourth-order valence-corrected chi connectivity index (χ4v) is 2.26. The van der Waals surface area contributed by atoms with E-state index in [-0.39, 0.29) is 11.9 Å². The van der Waals surface area contributed by atoms with E-state index in [4.69, 9.17) is 15.2 Å². The molecule has 0 saturated heterocycles. The lowest BCUT2D eigenvalue weighted by Gasteiger charge is -2.14. The zero-order chi connectivity index (χ0) is 15.2. The summed E-state index contributed by atoms with van der Waals surface area (Å²) in [6, 6.07) is 11.9. The largest absolute Gasteiger partial charge is 0.497 e. The molecule has 0 amide bonds. The van der Waals surface area contributed by atoms with Crippen LogP contribution in [0.5, 0.6) is 11.5 Å². The third-order valence-electron chi connectivity index (χ3n) is 3.51. The molecule has 0 fully saturated rings. The van der Waals surface area contributed by atoms with Crippen LogP contribution in [0.4, 0.5) is 4.39 Å². The van der Waals surface area contributed by atoms with Crippen molar-refractivity contribution >= 4 is 0 Å². The summed E-state index contributed by atoms with van der Waals surface area (Å²) < 4.78 is 23.5. The van der Waals surface area contributed by atoms with Crippen LogP contribution in [0, 0.1) is 5.82 Å².